The van der Waals surface area contributed by atoms with Crippen molar-refractivity contribution in [1.29, 1.82) is 0 Å². The lowest BCUT2D eigenvalue weighted by Crippen LogP contribution is -2.61. The van der Waals surface area contributed by atoms with Gasteiger partial charge in [0.2, 0.25) is 0 Å². The molecular formula is C23H24FNO3. The van der Waals surface area contributed by atoms with Gasteiger partial charge in [-0.2, -0.15) is 0 Å². The van der Waals surface area contributed by atoms with Gasteiger partial charge >= 0.3 is 5.97 Å². The number of ether oxygens (including phenoxy) is 1. The maximum Gasteiger partial charge on any atom is 0.321 e. The molecule has 2 aliphatic heterocycles. The lowest BCUT2D eigenvalue weighted by atomic mass is 9.68. The number of piperidine rings is 1. The summed E-state index contributed by atoms with van der Waals surface area (Å²) in [5.74, 6) is -0.872. The Labute approximate surface area is 164 Å². The van der Waals surface area contributed by atoms with Crippen LogP contribution < -0.4 is 0 Å². The van der Waals surface area contributed by atoms with Crippen LogP contribution in [0.15, 0.2) is 54.6 Å². The van der Waals surface area contributed by atoms with E-state index in [1.165, 1.54) is 19.2 Å². The van der Waals surface area contributed by atoms with E-state index in [-0.39, 0.29) is 30.1 Å². The van der Waals surface area contributed by atoms with Gasteiger partial charge in [0.05, 0.1) is 7.11 Å². The van der Waals surface area contributed by atoms with Crippen molar-refractivity contribution in [3.63, 3.8) is 0 Å². The Morgan fingerprint density at radius 1 is 1.11 bits per heavy atom. The Bertz CT molecular complexity index is 867. The highest BCUT2D eigenvalue weighted by atomic mass is 19.1. The third-order valence-corrected chi connectivity index (χ3v) is 6.28. The Kier molecular flexibility index (Phi) is 5.02. The highest BCUT2D eigenvalue weighted by Gasteiger charge is 2.61. The molecule has 28 heavy (non-hydrogen) atoms. The second kappa shape index (κ2) is 7.47. The van der Waals surface area contributed by atoms with E-state index in [1.54, 1.807) is 12.1 Å². The van der Waals surface area contributed by atoms with Crippen molar-refractivity contribution >= 4 is 11.8 Å². The fourth-order valence-electron chi connectivity index (χ4n) is 4.95. The number of hydrogen-bond acceptors (Lipinski definition) is 4. The fourth-order valence-corrected chi connectivity index (χ4v) is 4.95. The predicted molar refractivity (Wildman–Crippen MR) is 103 cm³/mol. The molecule has 0 spiro atoms. The lowest BCUT2D eigenvalue weighted by Gasteiger charge is -2.45. The van der Waals surface area contributed by atoms with Crippen molar-refractivity contribution < 1.29 is 18.7 Å². The zero-order chi connectivity index (χ0) is 19.7. The van der Waals surface area contributed by atoms with Crippen LogP contribution in [0.5, 0.6) is 0 Å². The average molecular weight is 381 g/mol. The molecule has 0 radical (unpaired) electrons. The summed E-state index contributed by atoms with van der Waals surface area (Å²) in [5, 5.41) is 0. The van der Waals surface area contributed by atoms with Crippen LogP contribution in [0.3, 0.4) is 0 Å². The maximum atomic E-state index is 13.3. The van der Waals surface area contributed by atoms with Crippen LogP contribution >= 0.6 is 0 Å². The number of benzene rings is 2. The van der Waals surface area contributed by atoms with Crippen LogP contribution in [0.1, 0.15) is 30.4 Å². The number of ketones is 1. The number of carbonyl (C=O) groups excluding carboxylic acids is 2. The van der Waals surface area contributed by atoms with Crippen molar-refractivity contribution in [2.45, 2.75) is 44.3 Å². The second-order valence-electron chi connectivity index (χ2n) is 7.80. The van der Waals surface area contributed by atoms with E-state index in [4.69, 9.17) is 4.74 Å². The molecule has 2 fully saturated rings. The van der Waals surface area contributed by atoms with Crippen molar-refractivity contribution in [1.82, 2.24) is 4.90 Å². The summed E-state index contributed by atoms with van der Waals surface area (Å²) in [6, 6.07) is 16.1. The molecule has 0 aliphatic carbocycles. The molecule has 2 heterocycles. The highest BCUT2D eigenvalue weighted by Crippen LogP contribution is 2.48. The first-order valence-electron chi connectivity index (χ1n) is 9.70. The van der Waals surface area contributed by atoms with Crippen LogP contribution in [0.4, 0.5) is 4.39 Å². The Hall–Kier alpha value is -2.53. The van der Waals surface area contributed by atoms with E-state index < -0.39 is 11.4 Å². The topological polar surface area (TPSA) is 46.6 Å². The SMILES string of the molecule is COC(=O)[C@]1(Cc2ccc(F)cc2)C(=O)C[C@H]2CC[C@H]1N2Cc1ccccc1. The minimum atomic E-state index is -1.24. The largest absolute Gasteiger partial charge is 0.468 e. The summed E-state index contributed by atoms with van der Waals surface area (Å²) >= 11 is 0. The van der Waals surface area contributed by atoms with Crippen LogP contribution in [0.25, 0.3) is 0 Å². The molecule has 2 bridgehead atoms. The number of hydrogen-bond donors (Lipinski definition) is 0. The quantitative estimate of drug-likeness (QED) is 0.587. The number of carbonyl (C=O) groups is 2. The average Bonchev–Trinajstić information content (AvgIpc) is 3.03. The van der Waals surface area contributed by atoms with Crippen LogP contribution in [-0.4, -0.2) is 35.8 Å². The molecule has 0 aromatic heterocycles. The van der Waals surface area contributed by atoms with E-state index >= 15 is 0 Å². The third kappa shape index (κ3) is 3.14. The Morgan fingerprint density at radius 3 is 2.50 bits per heavy atom. The smallest absolute Gasteiger partial charge is 0.321 e. The summed E-state index contributed by atoms with van der Waals surface area (Å²) in [4.78, 5) is 28.6. The number of esters is 1. The van der Waals surface area contributed by atoms with Gasteiger partial charge < -0.3 is 4.74 Å². The summed E-state index contributed by atoms with van der Waals surface area (Å²) in [6.45, 7) is 0.700. The standard InChI is InChI=1S/C23H24FNO3/c1-28-22(27)23(14-16-7-9-18(24)10-8-16)20-12-11-19(13-21(23)26)25(20)15-17-5-3-2-4-6-17/h2-10,19-20H,11-15H2,1H3/t19-,20-,23+/m1/s1. The van der Waals surface area contributed by atoms with Crippen LogP contribution in [0, 0.1) is 11.2 Å². The van der Waals surface area contributed by atoms with E-state index in [0.29, 0.717) is 13.0 Å². The highest BCUT2D eigenvalue weighted by molar-refractivity contribution is 6.06. The number of Topliss-reactive ketones (excluding diaryl/α,β-unsaturated/α-hetero) is 1. The monoisotopic (exact) mass is 381 g/mol. The van der Waals surface area contributed by atoms with Crippen LogP contribution in [-0.2, 0) is 27.3 Å². The molecule has 2 aromatic carbocycles. The zero-order valence-electron chi connectivity index (χ0n) is 15.9. The van der Waals surface area contributed by atoms with Crippen molar-refractivity contribution in [2.24, 2.45) is 5.41 Å². The van der Waals surface area contributed by atoms with Crippen molar-refractivity contribution in [3.8, 4) is 0 Å². The minimum absolute atomic E-state index is 0.0551. The zero-order valence-corrected chi connectivity index (χ0v) is 15.9. The molecule has 146 valence electrons. The second-order valence-corrected chi connectivity index (χ2v) is 7.80. The summed E-state index contributed by atoms with van der Waals surface area (Å²) < 4.78 is 18.5. The molecule has 2 aromatic rings. The number of methoxy groups -OCH3 is 1. The first kappa shape index (κ1) is 18.8. The fraction of sp³-hybridized carbons (Fsp3) is 0.391. The van der Waals surface area contributed by atoms with Gasteiger partial charge in [0, 0.05) is 25.0 Å². The number of nitrogens with zero attached hydrogens (tertiary/aromatic N) is 1. The van der Waals surface area contributed by atoms with Gasteiger partial charge in [-0.1, -0.05) is 42.5 Å². The van der Waals surface area contributed by atoms with E-state index in [2.05, 4.69) is 17.0 Å². The third-order valence-electron chi connectivity index (χ3n) is 6.28. The van der Waals surface area contributed by atoms with E-state index in [0.717, 1.165) is 24.0 Å². The first-order chi connectivity index (χ1) is 13.5. The van der Waals surface area contributed by atoms with Gasteiger partial charge in [-0.3, -0.25) is 14.5 Å². The lowest BCUT2D eigenvalue weighted by molar-refractivity contribution is -0.167. The van der Waals surface area contributed by atoms with Gasteiger partial charge in [0.15, 0.2) is 5.78 Å². The summed E-state index contributed by atoms with van der Waals surface area (Å²) in [5.41, 5.74) is 0.688. The van der Waals surface area contributed by atoms with Gasteiger partial charge in [-0.05, 0) is 42.5 Å². The maximum absolute atomic E-state index is 13.3. The number of rotatable bonds is 5. The van der Waals surface area contributed by atoms with Gasteiger partial charge in [-0.15, -0.1) is 0 Å². The molecular weight excluding hydrogens is 357 g/mol. The van der Waals surface area contributed by atoms with Gasteiger partial charge in [-0.25, -0.2) is 4.39 Å². The van der Waals surface area contributed by atoms with Crippen molar-refractivity contribution in [3.05, 3.63) is 71.5 Å². The molecule has 0 amide bonds. The molecule has 0 saturated carbocycles. The molecule has 5 heteroatoms. The molecule has 0 N–H and O–H groups in total. The molecule has 4 nitrogen and oxygen atoms in total. The number of halogens is 1. The molecule has 4 rings (SSSR count). The molecule has 2 aliphatic rings. The summed E-state index contributed by atoms with van der Waals surface area (Å²) in [6.07, 6.45) is 2.26. The van der Waals surface area contributed by atoms with Crippen LogP contribution in [0.2, 0.25) is 0 Å². The van der Waals surface area contributed by atoms with E-state index in [9.17, 15) is 14.0 Å². The van der Waals surface area contributed by atoms with E-state index in [1.807, 2.05) is 18.2 Å². The predicted octanol–water partition coefficient (Wildman–Crippen LogP) is 3.53. The Morgan fingerprint density at radius 2 is 1.82 bits per heavy atom. The normalized spacial score (nSPS) is 27.0. The molecule has 3 atom stereocenters. The molecule has 2 saturated heterocycles. The number of fused-ring (bicyclic) bond motifs is 2. The summed E-state index contributed by atoms with van der Waals surface area (Å²) in [7, 11) is 1.34. The van der Waals surface area contributed by atoms with Gasteiger partial charge in [0.25, 0.3) is 0 Å². The Balaban J connectivity index is 1.71. The minimum Gasteiger partial charge on any atom is -0.468 e. The van der Waals surface area contributed by atoms with Gasteiger partial charge in [0.1, 0.15) is 11.2 Å². The first-order valence-corrected chi connectivity index (χ1v) is 9.70. The molecule has 0 unspecified atom stereocenters. The van der Waals surface area contributed by atoms with Crippen molar-refractivity contribution in [2.75, 3.05) is 7.11 Å².